The molecule has 5 heteroatoms. The summed E-state index contributed by atoms with van der Waals surface area (Å²) in [7, 11) is 0. The zero-order valence-electron chi connectivity index (χ0n) is 12.1. The molecule has 1 atom stereocenters. The maximum Gasteiger partial charge on any atom is 0.274 e. The highest BCUT2D eigenvalue weighted by atomic mass is 16.5. The van der Waals surface area contributed by atoms with Gasteiger partial charge in [0.25, 0.3) is 5.91 Å². The molecule has 0 saturated carbocycles. The molecule has 0 bridgehead atoms. The Kier molecular flexibility index (Phi) is 5.09. The van der Waals surface area contributed by atoms with Gasteiger partial charge in [-0.25, -0.2) is 0 Å². The van der Waals surface area contributed by atoms with Crippen LogP contribution in [0.5, 0.6) is 0 Å². The number of unbranched alkanes of at least 4 members (excludes halogenated alkanes) is 1. The maximum absolute atomic E-state index is 12.2. The van der Waals surface area contributed by atoms with Gasteiger partial charge in [-0.3, -0.25) is 9.78 Å². The van der Waals surface area contributed by atoms with Gasteiger partial charge in [-0.05, 0) is 12.3 Å². The van der Waals surface area contributed by atoms with Gasteiger partial charge in [0, 0.05) is 25.0 Å². The summed E-state index contributed by atoms with van der Waals surface area (Å²) in [5, 5.41) is 7.44. The first kappa shape index (κ1) is 14.5. The lowest BCUT2D eigenvalue weighted by atomic mass is 9.99. The smallest absolute Gasteiger partial charge is 0.274 e. The van der Waals surface area contributed by atoms with E-state index in [1.165, 1.54) is 12.8 Å². The number of aromatic nitrogens is 2. The van der Waals surface area contributed by atoms with E-state index in [1.807, 2.05) is 0 Å². The van der Waals surface area contributed by atoms with Crippen LogP contribution in [0.1, 0.15) is 50.0 Å². The highest BCUT2D eigenvalue weighted by molar-refractivity contribution is 6.03. The van der Waals surface area contributed by atoms with Gasteiger partial charge in [0.2, 0.25) is 0 Å². The van der Waals surface area contributed by atoms with Crippen LogP contribution in [0.3, 0.4) is 0 Å². The lowest BCUT2D eigenvalue weighted by molar-refractivity contribution is 0.0938. The number of rotatable bonds is 7. The number of carbonyl (C=O) groups excluding carboxylic acids is 1. The van der Waals surface area contributed by atoms with Crippen LogP contribution in [0.25, 0.3) is 11.0 Å². The van der Waals surface area contributed by atoms with Crippen molar-refractivity contribution in [1.82, 2.24) is 15.5 Å². The highest BCUT2D eigenvalue weighted by Crippen LogP contribution is 2.17. The van der Waals surface area contributed by atoms with Crippen molar-refractivity contribution in [3.05, 3.63) is 24.2 Å². The normalized spacial score (nSPS) is 12.5. The number of hydrogen-bond acceptors (Lipinski definition) is 4. The van der Waals surface area contributed by atoms with E-state index in [0.29, 0.717) is 29.1 Å². The van der Waals surface area contributed by atoms with Crippen LogP contribution in [0.4, 0.5) is 0 Å². The summed E-state index contributed by atoms with van der Waals surface area (Å²) in [6, 6.07) is 1.70. The monoisotopic (exact) mass is 275 g/mol. The molecule has 2 rings (SSSR count). The van der Waals surface area contributed by atoms with Crippen LogP contribution in [-0.4, -0.2) is 22.6 Å². The van der Waals surface area contributed by atoms with Crippen LogP contribution in [0, 0.1) is 5.92 Å². The Balaban J connectivity index is 1.98. The average molecular weight is 275 g/mol. The molecule has 1 N–H and O–H groups in total. The second-order valence-electron chi connectivity index (χ2n) is 5.03. The van der Waals surface area contributed by atoms with Gasteiger partial charge in [-0.1, -0.05) is 38.3 Å². The molecule has 20 heavy (non-hydrogen) atoms. The van der Waals surface area contributed by atoms with Gasteiger partial charge in [-0.2, -0.15) is 0 Å². The Morgan fingerprint density at radius 1 is 1.45 bits per heavy atom. The number of fused-ring (bicyclic) bond motifs is 1. The molecule has 108 valence electrons. The predicted octanol–water partition coefficient (Wildman–Crippen LogP) is 3.17. The second-order valence-corrected chi connectivity index (χ2v) is 5.03. The van der Waals surface area contributed by atoms with Crippen LogP contribution in [-0.2, 0) is 0 Å². The molecule has 1 amide bonds. The molecule has 2 heterocycles. The van der Waals surface area contributed by atoms with E-state index in [9.17, 15) is 4.79 Å². The second kappa shape index (κ2) is 7.03. The van der Waals surface area contributed by atoms with Crippen LogP contribution in [0.15, 0.2) is 23.0 Å². The molecule has 2 aromatic heterocycles. The Morgan fingerprint density at radius 3 is 3.05 bits per heavy atom. The minimum Gasteiger partial charge on any atom is -0.355 e. The highest BCUT2D eigenvalue weighted by Gasteiger charge is 2.17. The Labute approximate surface area is 118 Å². The molecular weight excluding hydrogens is 254 g/mol. The molecular formula is C15H21N3O2. The van der Waals surface area contributed by atoms with Crippen molar-refractivity contribution in [2.75, 3.05) is 6.54 Å². The topological polar surface area (TPSA) is 68.0 Å². The van der Waals surface area contributed by atoms with Crippen LogP contribution >= 0.6 is 0 Å². The summed E-state index contributed by atoms with van der Waals surface area (Å²) < 4.78 is 5.12. The van der Waals surface area contributed by atoms with E-state index in [-0.39, 0.29) is 5.91 Å². The lowest BCUT2D eigenvalue weighted by Crippen LogP contribution is -2.29. The molecule has 0 radical (unpaired) electrons. The maximum atomic E-state index is 12.2. The van der Waals surface area contributed by atoms with E-state index >= 15 is 0 Å². The number of pyridine rings is 1. The first-order valence-corrected chi connectivity index (χ1v) is 7.23. The first-order chi connectivity index (χ1) is 9.76. The predicted molar refractivity (Wildman–Crippen MR) is 77.4 cm³/mol. The number of amides is 1. The van der Waals surface area contributed by atoms with Gasteiger partial charge >= 0.3 is 0 Å². The summed E-state index contributed by atoms with van der Waals surface area (Å²) in [5.74, 6) is 0.335. The molecule has 0 aliphatic carbocycles. The van der Waals surface area contributed by atoms with Gasteiger partial charge in [-0.15, -0.1) is 0 Å². The quantitative estimate of drug-likeness (QED) is 0.842. The number of carbonyl (C=O) groups is 1. The van der Waals surface area contributed by atoms with Crippen molar-refractivity contribution < 1.29 is 9.32 Å². The largest absolute Gasteiger partial charge is 0.355 e. The van der Waals surface area contributed by atoms with E-state index in [2.05, 4.69) is 29.3 Å². The van der Waals surface area contributed by atoms with Crippen LogP contribution < -0.4 is 5.32 Å². The summed E-state index contributed by atoms with van der Waals surface area (Å²) >= 11 is 0. The zero-order valence-corrected chi connectivity index (χ0v) is 12.1. The molecule has 5 nitrogen and oxygen atoms in total. The van der Waals surface area contributed by atoms with Crippen molar-refractivity contribution in [1.29, 1.82) is 0 Å². The lowest BCUT2D eigenvalue weighted by Gasteiger charge is -2.14. The molecule has 0 fully saturated rings. The molecule has 2 aromatic rings. The fourth-order valence-corrected chi connectivity index (χ4v) is 2.21. The third-order valence-corrected chi connectivity index (χ3v) is 3.58. The van der Waals surface area contributed by atoms with Crippen molar-refractivity contribution in [3.8, 4) is 0 Å². The molecule has 0 aliphatic heterocycles. The summed E-state index contributed by atoms with van der Waals surface area (Å²) in [5.41, 5.74) is 0.904. The minimum absolute atomic E-state index is 0.188. The number of hydrogen-bond donors (Lipinski definition) is 1. The van der Waals surface area contributed by atoms with Crippen LogP contribution in [0.2, 0.25) is 0 Å². The van der Waals surface area contributed by atoms with Gasteiger partial charge in [0.1, 0.15) is 0 Å². The number of nitrogens with zero attached hydrogens (tertiary/aromatic N) is 2. The van der Waals surface area contributed by atoms with Crippen molar-refractivity contribution in [2.45, 2.75) is 39.5 Å². The fourth-order valence-electron chi connectivity index (χ4n) is 2.21. The molecule has 0 spiro atoms. The van der Waals surface area contributed by atoms with Crippen molar-refractivity contribution in [3.63, 3.8) is 0 Å². The minimum atomic E-state index is -0.188. The van der Waals surface area contributed by atoms with E-state index in [0.717, 1.165) is 12.8 Å². The summed E-state index contributed by atoms with van der Waals surface area (Å²) in [6.45, 7) is 5.02. The number of nitrogens with one attached hydrogen (secondary N) is 1. The fraction of sp³-hybridized carbons (Fsp3) is 0.533. The molecule has 0 aromatic carbocycles. The summed E-state index contributed by atoms with van der Waals surface area (Å²) in [6.07, 6.45) is 7.83. The summed E-state index contributed by atoms with van der Waals surface area (Å²) in [4.78, 5) is 16.2. The van der Waals surface area contributed by atoms with Crippen molar-refractivity contribution >= 4 is 16.9 Å². The Bertz CT molecular complexity index is 565. The molecule has 1 unspecified atom stereocenters. The standard InChI is InChI=1S/C15H21N3O2/c1-3-5-6-11(4-2)9-17-15(19)14-12-10-16-8-7-13(12)20-18-14/h7-8,10-11H,3-6,9H2,1-2H3,(H,17,19). The van der Waals surface area contributed by atoms with Crippen molar-refractivity contribution in [2.24, 2.45) is 5.92 Å². The van der Waals surface area contributed by atoms with E-state index in [4.69, 9.17) is 4.52 Å². The van der Waals surface area contributed by atoms with Gasteiger partial charge < -0.3 is 9.84 Å². The molecule has 0 aliphatic rings. The average Bonchev–Trinajstić information content (AvgIpc) is 2.91. The van der Waals surface area contributed by atoms with Gasteiger partial charge in [0.05, 0.1) is 5.39 Å². The van der Waals surface area contributed by atoms with E-state index in [1.54, 1.807) is 18.5 Å². The Morgan fingerprint density at radius 2 is 2.30 bits per heavy atom. The van der Waals surface area contributed by atoms with Gasteiger partial charge in [0.15, 0.2) is 11.3 Å². The molecule has 0 saturated heterocycles. The first-order valence-electron chi connectivity index (χ1n) is 7.23. The third-order valence-electron chi connectivity index (χ3n) is 3.58. The van der Waals surface area contributed by atoms with E-state index < -0.39 is 0 Å². The third kappa shape index (κ3) is 3.35. The zero-order chi connectivity index (χ0) is 14.4. The SMILES string of the molecule is CCCCC(CC)CNC(=O)c1noc2ccncc12. The Hall–Kier alpha value is -1.91.